The van der Waals surface area contributed by atoms with Gasteiger partial charge in [-0.1, -0.05) is 29.8 Å². The Hall–Kier alpha value is -2.64. The lowest BCUT2D eigenvalue weighted by Crippen LogP contribution is -2.12. The molecule has 0 saturated carbocycles. The Labute approximate surface area is 132 Å². The molecule has 0 aliphatic rings. The zero-order chi connectivity index (χ0) is 15.7. The quantitative estimate of drug-likeness (QED) is 0.769. The molecular formula is C18H14N2OS. The maximum absolute atomic E-state index is 12.3. The number of hydrogen-bond donors (Lipinski definition) is 1. The number of pyridine rings is 1. The summed E-state index contributed by atoms with van der Waals surface area (Å²) < 4.78 is 0. The van der Waals surface area contributed by atoms with E-state index in [1.807, 2.05) is 61.7 Å². The van der Waals surface area contributed by atoms with Crippen molar-refractivity contribution in [2.45, 2.75) is 13.8 Å². The topological polar surface area (TPSA) is 56.6 Å². The van der Waals surface area contributed by atoms with E-state index in [1.54, 1.807) is 11.3 Å². The van der Waals surface area contributed by atoms with Crippen LogP contribution < -0.4 is 5.56 Å². The van der Waals surface area contributed by atoms with E-state index in [1.165, 1.54) is 0 Å². The summed E-state index contributed by atoms with van der Waals surface area (Å²) in [4.78, 5) is 16.1. The predicted molar refractivity (Wildman–Crippen MR) is 90.0 cm³/mol. The van der Waals surface area contributed by atoms with Gasteiger partial charge in [0.25, 0.3) is 5.56 Å². The fourth-order valence-corrected chi connectivity index (χ4v) is 3.17. The zero-order valence-corrected chi connectivity index (χ0v) is 13.1. The number of nitrogens with one attached hydrogen (secondary N) is 1. The molecule has 0 fully saturated rings. The number of thiophene rings is 1. The van der Waals surface area contributed by atoms with Gasteiger partial charge in [0.15, 0.2) is 0 Å². The van der Waals surface area contributed by atoms with E-state index < -0.39 is 0 Å². The SMILES string of the molecule is Cc1ccc(C)c(-c2cc(-c3cccs3)[nH]c(=O)c2C#N)c1. The lowest BCUT2D eigenvalue weighted by molar-refractivity contribution is 1.22. The van der Waals surface area contributed by atoms with Gasteiger partial charge in [-0.25, -0.2) is 0 Å². The third-order valence-electron chi connectivity index (χ3n) is 3.61. The Morgan fingerprint density at radius 1 is 1.14 bits per heavy atom. The minimum atomic E-state index is -0.343. The van der Waals surface area contributed by atoms with E-state index in [2.05, 4.69) is 4.98 Å². The highest BCUT2D eigenvalue weighted by atomic mass is 32.1. The Morgan fingerprint density at radius 3 is 2.64 bits per heavy atom. The van der Waals surface area contributed by atoms with Crippen molar-refractivity contribution < 1.29 is 0 Å². The molecule has 0 saturated heterocycles. The van der Waals surface area contributed by atoms with Gasteiger partial charge in [-0.2, -0.15) is 5.26 Å². The Morgan fingerprint density at radius 2 is 1.95 bits per heavy atom. The van der Waals surface area contributed by atoms with Crippen LogP contribution in [0.4, 0.5) is 0 Å². The van der Waals surface area contributed by atoms with Gasteiger partial charge in [0.05, 0.1) is 10.6 Å². The number of aromatic nitrogens is 1. The van der Waals surface area contributed by atoms with Crippen LogP contribution in [0.1, 0.15) is 16.7 Å². The molecule has 1 N–H and O–H groups in total. The molecule has 0 radical (unpaired) electrons. The number of benzene rings is 1. The van der Waals surface area contributed by atoms with Crippen molar-refractivity contribution in [1.29, 1.82) is 5.26 Å². The standard InChI is InChI=1S/C18H14N2OS/c1-11-5-6-12(2)13(8-11)14-9-16(17-4-3-7-22-17)20-18(21)15(14)10-19/h3-9H,1-2H3,(H,20,21). The largest absolute Gasteiger partial charge is 0.320 e. The average molecular weight is 306 g/mol. The van der Waals surface area contributed by atoms with Gasteiger partial charge < -0.3 is 4.98 Å². The summed E-state index contributed by atoms with van der Waals surface area (Å²) in [6, 6.07) is 13.9. The third kappa shape index (κ3) is 2.47. The Balaban J connectivity index is 2.33. The number of H-pyrrole nitrogens is 1. The number of nitriles is 1. The minimum Gasteiger partial charge on any atom is -0.320 e. The molecule has 2 aromatic heterocycles. The average Bonchev–Trinajstić information content (AvgIpc) is 3.03. The first-order chi connectivity index (χ1) is 10.6. The van der Waals surface area contributed by atoms with Gasteiger partial charge >= 0.3 is 0 Å². The van der Waals surface area contributed by atoms with Crippen LogP contribution in [-0.2, 0) is 0 Å². The first kappa shape index (κ1) is 14.3. The second-order valence-corrected chi connectivity index (χ2v) is 6.16. The van der Waals surface area contributed by atoms with Gasteiger partial charge in [0, 0.05) is 5.56 Å². The van der Waals surface area contributed by atoms with Crippen molar-refractivity contribution in [1.82, 2.24) is 4.98 Å². The molecule has 3 nitrogen and oxygen atoms in total. The fourth-order valence-electron chi connectivity index (χ4n) is 2.47. The van der Waals surface area contributed by atoms with Crippen molar-refractivity contribution in [3.8, 4) is 27.8 Å². The number of hydrogen-bond acceptors (Lipinski definition) is 3. The summed E-state index contributed by atoms with van der Waals surface area (Å²) in [5.74, 6) is 0. The van der Waals surface area contributed by atoms with Crippen LogP contribution in [0.15, 0.2) is 46.6 Å². The van der Waals surface area contributed by atoms with E-state index in [-0.39, 0.29) is 11.1 Å². The lowest BCUT2D eigenvalue weighted by Gasteiger charge is -2.10. The molecular weight excluding hydrogens is 292 g/mol. The molecule has 1 aromatic carbocycles. The van der Waals surface area contributed by atoms with Crippen LogP contribution in [0.5, 0.6) is 0 Å². The van der Waals surface area contributed by atoms with E-state index >= 15 is 0 Å². The van der Waals surface area contributed by atoms with Crippen molar-refractivity contribution in [2.24, 2.45) is 0 Å². The van der Waals surface area contributed by atoms with Crippen LogP contribution in [-0.4, -0.2) is 4.98 Å². The van der Waals surface area contributed by atoms with Crippen molar-refractivity contribution >= 4 is 11.3 Å². The molecule has 2 heterocycles. The smallest absolute Gasteiger partial charge is 0.266 e. The zero-order valence-electron chi connectivity index (χ0n) is 12.3. The monoisotopic (exact) mass is 306 g/mol. The molecule has 3 rings (SSSR count). The van der Waals surface area contributed by atoms with E-state index in [4.69, 9.17) is 0 Å². The molecule has 0 aliphatic heterocycles. The normalized spacial score (nSPS) is 10.4. The van der Waals surface area contributed by atoms with Gasteiger partial charge in [-0.15, -0.1) is 11.3 Å². The minimum absolute atomic E-state index is 0.161. The molecule has 4 heteroatoms. The predicted octanol–water partition coefficient (Wildman–Crippen LogP) is 4.26. The molecule has 0 spiro atoms. The fraction of sp³-hybridized carbons (Fsp3) is 0.111. The van der Waals surface area contributed by atoms with Gasteiger partial charge in [0.1, 0.15) is 11.6 Å². The van der Waals surface area contributed by atoms with Crippen LogP contribution in [0, 0.1) is 25.2 Å². The maximum atomic E-state index is 12.3. The van der Waals surface area contributed by atoms with Gasteiger partial charge in [-0.05, 0) is 42.5 Å². The Kier molecular flexibility index (Phi) is 3.66. The Bertz CT molecular complexity index is 931. The highest BCUT2D eigenvalue weighted by Gasteiger charge is 2.14. The third-order valence-corrected chi connectivity index (χ3v) is 4.52. The van der Waals surface area contributed by atoms with Gasteiger partial charge in [0.2, 0.25) is 0 Å². The number of aryl methyl sites for hydroxylation is 2. The first-order valence-electron chi connectivity index (χ1n) is 6.89. The highest BCUT2D eigenvalue weighted by Crippen LogP contribution is 2.30. The second-order valence-electron chi connectivity index (χ2n) is 5.21. The van der Waals surface area contributed by atoms with Crippen molar-refractivity contribution in [3.63, 3.8) is 0 Å². The maximum Gasteiger partial charge on any atom is 0.266 e. The molecule has 0 aliphatic carbocycles. The molecule has 0 amide bonds. The van der Waals surface area contributed by atoms with E-state index in [0.717, 1.165) is 27.3 Å². The number of aromatic amines is 1. The van der Waals surface area contributed by atoms with E-state index in [9.17, 15) is 10.1 Å². The first-order valence-corrected chi connectivity index (χ1v) is 7.77. The lowest BCUT2D eigenvalue weighted by atomic mass is 9.95. The summed E-state index contributed by atoms with van der Waals surface area (Å²) in [7, 11) is 0. The number of rotatable bonds is 2. The summed E-state index contributed by atoms with van der Waals surface area (Å²) >= 11 is 1.56. The van der Waals surface area contributed by atoms with E-state index in [0.29, 0.717) is 5.56 Å². The molecule has 22 heavy (non-hydrogen) atoms. The second kappa shape index (κ2) is 5.63. The summed E-state index contributed by atoms with van der Waals surface area (Å²) in [5, 5.41) is 11.3. The molecule has 0 atom stereocenters. The number of nitrogens with zero attached hydrogens (tertiary/aromatic N) is 1. The highest BCUT2D eigenvalue weighted by molar-refractivity contribution is 7.13. The van der Waals surface area contributed by atoms with Gasteiger partial charge in [-0.3, -0.25) is 4.79 Å². The van der Waals surface area contributed by atoms with Crippen LogP contribution >= 0.6 is 11.3 Å². The summed E-state index contributed by atoms with van der Waals surface area (Å²) in [6.45, 7) is 3.99. The molecule has 0 bridgehead atoms. The van der Waals surface area contributed by atoms with Crippen molar-refractivity contribution in [2.75, 3.05) is 0 Å². The van der Waals surface area contributed by atoms with Crippen molar-refractivity contribution in [3.05, 3.63) is 68.8 Å². The molecule has 3 aromatic rings. The molecule has 0 unspecified atom stereocenters. The van der Waals surface area contributed by atoms with Crippen LogP contribution in [0.2, 0.25) is 0 Å². The summed E-state index contributed by atoms with van der Waals surface area (Å²) in [5.41, 5.74) is 4.33. The van der Waals surface area contributed by atoms with Crippen LogP contribution in [0.3, 0.4) is 0 Å². The summed E-state index contributed by atoms with van der Waals surface area (Å²) in [6.07, 6.45) is 0. The van der Waals surface area contributed by atoms with Crippen LogP contribution in [0.25, 0.3) is 21.7 Å². The molecule has 108 valence electrons.